The predicted octanol–water partition coefficient (Wildman–Crippen LogP) is 3.02. The minimum atomic E-state index is -0.503. The number of furan rings is 1. The number of nitrogens with one attached hydrogen (secondary N) is 1. The van der Waals surface area contributed by atoms with Crippen molar-refractivity contribution < 1.29 is 18.9 Å². The number of ether oxygens (including phenoxy) is 1. The summed E-state index contributed by atoms with van der Waals surface area (Å²) in [6, 6.07) is 10.8. The van der Waals surface area contributed by atoms with Crippen molar-refractivity contribution in [3.63, 3.8) is 0 Å². The highest BCUT2D eigenvalue weighted by Gasteiger charge is 2.15. The largest absolute Gasteiger partial charge is 0.496 e. The number of carbonyl (C=O) groups is 1. The number of hydrogen-bond donors (Lipinski definition) is 1. The number of hydrazone groups is 1. The van der Waals surface area contributed by atoms with E-state index in [-0.39, 0.29) is 5.69 Å². The van der Waals surface area contributed by atoms with Crippen LogP contribution in [0.3, 0.4) is 0 Å². The first-order chi connectivity index (χ1) is 13.1. The van der Waals surface area contributed by atoms with Crippen molar-refractivity contribution in [3.8, 4) is 17.1 Å². The molecule has 1 amide bonds. The molecular weight excluding hydrogens is 352 g/mol. The van der Waals surface area contributed by atoms with Crippen LogP contribution in [0, 0.1) is 10.1 Å². The Morgan fingerprint density at radius 2 is 2.19 bits per heavy atom. The highest BCUT2D eigenvalue weighted by atomic mass is 16.6. The normalized spacial score (nSPS) is 10.7. The lowest BCUT2D eigenvalue weighted by Crippen LogP contribution is -2.17. The molecule has 0 aliphatic heterocycles. The van der Waals surface area contributed by atoms with E-state index in [0.717, 1.165) is 0 Å². The molecule has 0 aliphatic carbocycles. The third kappa shape index (κ3) is 4.15. The molecule has 0 atom stereocenters. The summed E-state index contributed by atoms with van der Waals surface area (Å²) in [6.07, 6.45) is 4.34. The Balaban J connectivity index is 1.73. The lowest BCUT2D eigenvalue weighted by molar-refractivity contribution is -0.384. The number of carbonyl (C=O) groups excluding carboxylic acids is 1. The van der Waals surface area contributed by atoms with Gasteiger partial charge >= 0.3 is 0 Å². The molecule has 0 saturated carbocycles. The number of benzene rings is 1. The molecule has 2 heterocycles. The Morgan fingerprint density at radius 3 is 2.89 bits per heavy atom. The number of pyridine rings is 1. The highest BCUT2D eigenvalue weighted by molar-refractivity contribution is 5.94. The minimum absolute atomic E-state index is 0.0814. The first-order valence-electron chi connectivity index (χ1n) is 7.74. The van der Waals surface area contributed by atoms with Crippen LogP contribution in [0.15, 0.2) is 64.4 Å². The standard InChI is InChI=1S/C18H14N4O5/c1-26-17-9-13(22(24)25)4-6-15(17)16-7-5-14(27-16)11-20-21-18(23)12-3-2-8-19-10-12/h2-11H,1H3,(H,21,23)/b20-11-. The number of rotatable bonds is 6. The van der Waals surface area contributed by atoms with Gasteiger partial charge in [0.1, 0.15) is 17.3 Å². The number of non-ortho nitro benzene ring substituents is 1. The van der Waals surface area contributed by atoms with Gasteiger partial charge in [0.2, 0.25) is 0 Å². The van der Waals surface area contributed by atoms with Gasteiger partial charge in [-0.25, -0.2) is 5.43 Å². The topological polar surface area (TPSA) is 120 Å². The third-order valence-electron chi connectivity index (χ3n) is 3.57. The predicted molar refractivity (Wildman–Crippen MR) is 96.6 cm³/mol. The van der Waals surface area contributed by atoms with Crippen LogP contribution in [0.25, 0.3) is 11.3 Å². The zero-order valence-electron chi connectivity index (χ0n) is 14.2. The van der Waals surface area contributed by atoms with Crippen LogP contribution in [0.1, 0.15) is 16.1 Å². The molecule has 0 bridgehead atoms. The van der Waals surface area contributed by atoms with Gasteiger partial charge < -0.3 is 9.15 Å². The molecule has 0 fully saturated rings. The second kappa shape index (κ2) is 7.91. The lowest BCUT2D eigenvalue weighted by atomic mass is 10.1. The van der Waals surface area contributed by atoms with Gasteiger partial charge in [-0.3, -0.25) is 19.9 Å². The maximum absolute atomic E-state index is 11.9. The van der Waals surface area contributed by atoms with Crippen LogP contribution in [0.2, 0.25) is 0 Å². The second-order valence-corrected chi connectivity index (χ2v) is 5.28. The Labute approximate surface area is 153 Å². The number of aromatic nitrogens is 1. The fourth-order valence-corrected chi connectivity index (χ4v) is 2.28. The number of hydrogen-bond acceptors (Lipinski definition) is 7. The summed E-state index contributed by atoms with van der Waals surface area (Å²) in [4.78, 5) is 26.1. The van der Waals surface area contributed by atoms with E-state index < -0.39 is 10.8 Å². The van der Waals surface area contributed by atoms with Crippen molar-refractivity contribution in [2.24, 2.45) is 5.10 Å². The molecular formula is C18H14N4O5. The Morgan fingerprint density at radius 1 is 1.33 bits per heavy atom. The Kier molecular flexibility index (Phi) is 5.22. The lowest BCUT2D eigenvalue weighted by Gasteiger charge is -2.05. The van der Waals surface area contributed by atoms with Gasteiger partial charge in [-0.2, -0.15) is 5.10 Å². The molecule has 1 aromatic carbocycles. The molecule has 136 valence electrons. The number of methoxy groups -OCH3 is 1. The van der Waals surface area contributed by atoms with Gasteiger partial charge in [-0.15, -0.1) is 0 Å². The smallest absolute Gasteiger partial charge is 0.273 e. The van der Waals surface area contributed by atoms with Gasteiger partial charge in [0.15, 0.2) is 0 Å². The molecule has 1 N–H and O–H groups in total. The van der Waals surface area contributed by atoms with Crippen molar-refractivity contribution in [1.82, 2.24) is 10.4 Å². The quantitative estimate of drug-likeness (QED) is 0.407. The molecule has 9 nitrogen and oxygen atoms in total. The van der Waals surface area contributed by atoms with Gasteiger partial charge in [0.05, 0.1) is 35.4 Å². The van der Waals surface area contributed by atoms with Gasteiger partial charge in [0, 0.05) is 18.5 Å². The van der Waals surface area contributed by atoms with Crippen molar-refractivity contribution in [2.75, 3.05) is 7.11 Å². The van der Waals surface area contributed by atoms with E-state index >= 15 is 0 Å². The van der Waals surface area contributed by atoms with Gasteiger partial charge in [-0.1, -0.05) is 0 Å². The zero-order valence-corrected chi connectivity index (χ0v) is 14.2. The molecule has 3 rings (SSSR count). The van der Waals surface area contributed by atoms with Crippen molar-refractivity contribution in [1.29, 1.82) is 0 Å². The highest BCUT2D eigenvalue weighted by Crippen LogP contribution is 2.33. The summed E-state index contributed by atoms with van der Waals surface area (Å²) in [7, 11) is 1.42. The average molecular weight is 366 g/mol. The maximum atomic E-state index is 11.9. The number of nitro benzene ring substituents is 1. The van der Waals surface area contributed by atoms with Gasteiger partial charge in [-0.05, 0) is 30.3 Å². The summed E-state index contributed by atoms with van der Waals surface area (Å²) in [5.41, 5.74) is 3.23. The fourth-order valence-electron chi connectivity index (χ4n) is 2.28. The molecule has 0 saturated heterocycles. The molecule has 9 heteroatoms. The zero-order chi connectivity index (χ0) is 19.2. The summed E-state index contributed by atoms with van der Waals surface area (Å²) >= 11 is 0. The van der Waals surface area contributed by atoms with E-state index in [2.05, 4.69) is 15.5 Å². The second-order valence-electron chi connectivity index (χ2n) is 5.28. The summed E-state index contributed by atoms with van der Waals surface area (Å²) in [5.74, 6) is 0.744. The first kappa shape index (κ1) is 17.8. The van der Waals surface area contributed by atoms with Crippen molar-refractivity contribution in [3.05, 3.63) is 76.3 Å². The molecule has 2 aromatic heterocycles. The van der Waals surface area contributed by atoms with Crippen LogP contribution < -0.4 is 10.2 Å². The first-order valence-corrected chi connectivity index (χ1v) is 7.74. The molecule has 0 spiro atoms. The molecule has 3 aromatic rings. The van der Waals surface area contributed by atoms with E-state index in [0.29, 0.717) is 28.4 Å². The van der Waals surface area contributed by atoms with Gasteiger partial charge in [0.25, 0.3) is 11.6 Å². The Hall–Kier alpha value is -4.01. The van der Waals surface area contributed by atoms with E-state index in [1.807, 2.05) is 0 Å². The van der Waals surface area contributed by atoms with Crippen molar-refractivity contribution >= 4 is 17.8 Å². The van der Waals surface area contributed by atoms with E-state index in [1.165, 1.54) is 31.7 Å². The molecule has 0 radical (unpaired) electrons. The van der Waals surface area contributed by atoms with Crippen LogP contribution in [-0.2, 0) is 0 Å². The van der Waals surface area contributed by atoms with Crippen LogP contribution in [0.5, 0.6) is 5.75 Å². The summed E-state index contributed by atoms with van der Waals surface area (Å²) in [6.45, 7) is 0. The SMILES string of the molecule is COc1cc([N+](=O)[O-])ccc1-c1ccc(/C=N\NC(=O)c2cccnc2)o1. The Bertz CT molecular complexity index is 998. The average Bonchev–Trinajstić information content (AvgIpc) is 3.16. The molecule has 27 heavy (non-hydrogen) atoms. The molecule has 0 aliphatic rings. The minimum Gasteiger partial charge on any atom is -0.496 e. The van der Waals surface area contributed by atoms with Crippen LogP contribution in [-0.4, -0.2) is 29.1 Å². The number of nitro groups is 1. The van der Waals surface area contributed by atoms with E-state index in [9.17, 15) is 14.9 Å². The van der Waals surface area contributed by atoms with E-state index in [4.69, 9.17) is 9.15 Å². The van der Waals surface area contributed by atoms with Crippen LogP contribution in [0.4, 0.5) is 5.69 Å². The summed E-state index contributed by atoms with van der Waals surface area (Å²) < 4.78 is 10.8. The number of amides is 1. The number of nitrogens with zero attached hydrogens (tertiary/aromatic N) is 3. The third-order valence-corrected chi connectivity index (χ3v) is 3.57. The van der Waals surface area contributed by atoms with Crippen molar-refractivity contribution in [2.45, 2.75) is 0 Å². The van der Waals surface area contributed by atoms with Crippen LogP contribution >= 0.6 is 0 Å². The maximum Gasteiger partial charge on any atom is 0.273 e. The monoisotopic (exact) mass is 366 g/mol. The van der Waals surface area contributed by atoms with E-state index in [1.54, 1.807) is 36.5 Å². The summed E-state index contributed by atoms with van der Waals surface area (Å²) in [5, 5.41) is 14.7. The molecule has 0 unspecified atom stereocenters. The fraction of sp³-hybridized carbons (Fsp3) is 0.0556.